The Balaban J connectivity index is 0.00000261. The molecule has 0 saturated heterocycles. The first-order valence-electron chi connectivity index (χ1n) is 7.93. The van der Waals surface area contributed by atoms with Crippen LogP contribution in [0.3, 0.4) is 0 Å². The number of aromatic nitrogens is 3. The smallest absolute Gasteiger partial charge is 0.193 e. The Labute approximate surface area is 174 Å². The maximum atomic E-state index is 5.99. The number of hydrogen-bond donors (Lipinski definition) is 3. The van der Waals surface area contributed by atoms with Crippen molar-refractivity contribution in [2.45, 2.75) is 6.54 Å². The van der Waals surface area contributed by atoms with Crippen molar-refractivity contribution in [3.63, 3.8) is 0 Å². The lowest BCUT2D eigenvalue weighted by Gasteiger charge is -2.11. The molecule has 0 atom stereocenters. The molecule has 0 amide bonds. The van der Waals surface area contributed by atoms with Crippen molar-refractivity contribution in [2.75, 3.05) is 19.5 Å². The monoisotopic (exact) mass is 480 g/mol. The van der Waals surface area contributed by atoms with Crippen LogP contribution in [-0.4, -0.2) is 35.4 Å². The zero-order chi connectivity index (χ0) is 18.4. The minimum Gasteiger partial charge on any atom is -0.493 e. The number of aliphatic imine (C=N–C) groups is 1. The fourth-order valence-corrected chi connectivity index (χ4v) is 2.44. The number of benzene rings is 2. The number of nitrogens with zero attached hydrogens (tertiary/aromatic N) is 3. The Morgan fingerprint density at radius 1 is 1.15 bits per heavy atom. The standard InChI is InChI=1S/C18H20N6O2.HI/c1-25-15-7-6-14(9-16(15)26-2)23-18(19)20-10-12-4-3-5-13(8-12)17-21-11-22-24-17;/h3-9,11H,10H2,1-2H3,(H3,19,20,23)(H,21,22,24);1H. The van der Waals surface area contributed by atoms with Crippen LogP contribution in [0.25, 0.3) is 11.4 Å². The van der Waals surface area contributed by atoms with Crippen molar-refractivity contribution in [2.24, 2.45) is 10.7 Å². The fourth-order valence-electron chi connectivity index (χ4n) is 2.44. The Bertz CT molecular complexity index is 899. The molecule has 8 nitrogen and oxygen atoms in total. The van der Waals surface area contributed by atoms with E-state index >= 15 is 0 Å². The number of methoxy groups -OCH3 is 2. The third-order valence-corrected chi connectivity index (χ3v) is 3.70. The summed E-state index contributed by atoms with van der Waals surface area (Å²) >= 11 is 0. The zero-order valence-electron chi connectivity index (χ0n) is 15.0. The number of halogens is 1. The normalized spacial score (nSPS) is 10.8. The molecule has 9 heteroatoms. The second-order valence-electron chi connectivity index (χ2n) is 5.43. The second kappa shape index (κ2) is 9.76. The molecule has 3 aromatic rings. The Morgan fingerprint density at radius 2 is 1.96 bits per heavy atom. The highest BCUT2D eigenvalue weighted by Gasteiger charge is 2.05. The van der Waals surface area contributed by atoms with Gasteiger partial charge in [-0.3, -0.25) is 5.10 Å². The number of nitrogens with one attached hydrogen (secondary N) is 2. The molecule has 0 fully saturated rings. The van der Waals surface area contributed by atoms with Gasteiger partial charge in [0.2, 0.25) is 0 Å². The van der Waals surface area contributed by atoms with Crippen LogP contribution in [0, 0.1) is 0 Å². The van der Waals surface area contributed by atoms with E-state index in [1.54, 1.807) is 26.4 Å². The number of anilines is 1. The van der Waals surface area contributed by atoms with Crippen molar-refractivity contribution in [3.8, 4) is 22.9 Å². The Hall–Kier alpha value is -2.82. The average Bonchev–Trinajstić information content (AvgIpc) is 3.21. The van der Waals surface area contributed by atoms with Gasteiger partial charge in [-0.25, -0.2) is 9.98 Å². The Kier molecular flexibility index (Phi) is 7.41. The van der Waals surface area contributed by atoms with Gasteiger partial charge in [0.25, 0.3) is 0 Å². The third kappa shape index (κ3) is 5.33. The SMILES string of the molecule is COc1ccc(NC(N)=NCc2cccc(-c3ncn[nH]3)c2)cc1OC.I. The van der Waals surface area contributed by atoms with E-state index in [1.165, 1.54) is 6.33 Å². The van der Waals surface area contributed by atoms with E-state index < -0.39 is 0 Å². The maximum absolute atomic E-state index is 5.99. The summed E-state index contributed by atoms with van der Waals surface area (Å²) in [4.78, 5) is 8.52. The number of rotatable bonds is 6. The average molecular weight is 480 g/mol. The van der Waals surface area contributed by atoms with Crippen LogP contribution in [0.4, 0.5) is 5.69 Å². The van der Waals surface area contributed by atoms with Crippen LogP contribution < -0.4 is 20.5 Å². The van der Waals surface area contributed by atoms with Crippen LogP contribution in [-0.2, 0) is 6.54 Å². The molecule has 0 aliphatic rings. The maximum Gasteiger partial charge on any atom is 0.193 e. The number of H-pyrrole nitrogens is 1. The highest BCUT2D eigenvalue weighted by Crippen LogP contribution is 2.29. The molecule has 142 valence electrons. The second-order valence-corrected chi connectivity index (χ2v) is 5.43. The number of ether oxygens (including phenoxy) is 2. The summed E-state index contributed by atoms with van der Waals surface area (Å²) in [6.07, 6.45) is 1.48. The van der Waals surface area contributed by atoms with Crippen LogP contribution in [0.1, 0.15) is 5.56 Å². The van der Waals surface area contributed by atoms with Gasteiger partial charge in [0.05, 0.1) is 20.8 Å². The van der Waals surface area contributed by atoms with Crippen molar-refractivity contribution in [3.05, 3.63) is 54.4 Å². The van der Waals surface area contributed by atoms with Crippen molar-refractivity contribution < 1.29 is 9.47 Å². The van der Waals surface area contributed by atoms with E-state index in [0.717, 1.165) is 16.8 Å². The summed E-state index contributed by atoms with van der Waals surface area (Å²) in [7, 11) is 3.17. The van der Waals surface area contributed by atoms with Crippen LogP contribution in [0.15, 0.2) is 53.8 Å². The topological polar surface area (TPSA) is 110 Å². The van der Waals surface area contributed by atoms with Crippen molar-refractivity contribution in [1.29, 1.82) is 0 Å². The van der Waals surface area contributed by atoms with Gasteiger partial charge in [0.1, 0.15) is 6.33 Å². The number of hydrogen-bond acceptors (Lipinski definition) is 5. The lowest BCUT2D eigenvalue weighted by molar-refractivity contribution is 0.355. The summed E-state index contributed by atoms with van der Waals surface area (Å²) in [5.41, 5.74) is 8.71. The van der Waals surface area contributed by atoms with Crippen LogP contribution in [0.2, 0.25) is 0 Å². The van der Waals surface area contributed by atoms with E-state index in [1.807, 2.05) is 30.3 Å². The largest absolute Gasteiger partial charge is 0.493 e. The highest BCUT2D eigenvalue weighted by molar-refractivity contribution is 14.0. The van der Waals surface area contributed by atoms with Crippen molar-refractivity contribution >= 4 is 35.6 Å². The molecule has 4 N–H and O–H groups in total. The first kappa shape index (κ1) is 20.5. The first-order valence-corrected chi connectivity index (χ1v) is 7.93. The van der Waals surface area contributed by atoms with E-state index in [2.05, 4.69) is 25.5 Å². The van der Waals surface area contributed by atoms with E-state index in [9.17, 15) is 0 Å². The molecule has 27 heavy (non-hydrogen) atoms. The summed E-state index contributed by atoms with van der Waals surface area (Å²) in [5, 5.41) is 9.75. The highest BCUT2D eigenvalue weighted by atomic mass is 127. The summed E-state index contributed by atoms with van der Waals surface area (Å²) < 4.78 is 10.5. The molecular weight excluding hydrogens is 459 g/mol. The quantitative estimate of drug-likeness (QED) is 0.284. The molecule has 0 radical (unpaired) electrons. The van der Waals surface area contributed by atoms with Gasteiger partial charge >= 0.3 is 0 Å². The molecule has 0 unspecified atom stereocenters. The van der Waals surface area contributed by atoms with Gasteiger partial charge in [-0.15, -0.1) is 24.0 Å². The fraction of sp³-hybridized carbons (Fsp3) is 0.167. The lowest BCUT2D eigenvalue weighted by Crippen LogP contribution is -2.22. The number of guanidine groups is 1. The molecular formula is C18H21IN6O2. The van der Waals surface area contributed by atoms with Gasteiger partial charge in [-0.1, -0.05) is 18.2 Å². The van der Waals surface area contributed by atoms with E-state index in [-0.39, 0.29) is 24.0 Å². The lowest BCUT2D eigenvalue weighted by atomic mass is 10.1. The van der Waals surface area contributed by atoms with E-state index in [4.69, 9.17) is 15.2 Å². The predicted octanol–water partition coefficient (Wildman–Crippen LogP) is 3.03. The molecule has 0 bridgehead atoms. The first-order chi connectivity index (χ1) is 12.7. The van der Waals surface area contributed by atoms with Gasteiger partial charge in [0, 0.05) is 17.3 Å². The van der Waals surface area contributed by atoms with Crippen molar-refractivity contribution in [1.82, 2.24) is 15.2 Å². The molecule has 0 spiro atoms. The molecule has 2 aromatic carbocycles. The molecule has 0 aliphatic heterocycles. The van der Waals surface area contributed by atoms with Gasteiger partial charge in [-0.05, 0) is 23.8 Å². The zero-order valence-corrected chi connectivity index (χ0v) is 17.3. The molecule has 0 saturated carbocycles. The molecule has 0 aliphatic carbocycles. The van der Waals surface area contributed by atoms with Gasteiger partial charge in [0.15, 0.2) is 23.3 Å². The predicted molar refractivity (Wildman–Crippen MR) is 116 cm³/mol. The number of aromatic amines is 1. The number of nitrogens with two attached hydrogens (primary N) is 1. The minimum absolute atomic E-state index is 0. The summed E-state index contributed by atoms with van der Waals surface area (Å²) in [6.45, 7) is 0.439. The minimum atomic E-state index is 0. The van der Waals surface area contributed by atoms with Crippen LogP contribution >= 0.6 is 24.0 Å². The van der Waals surface area contributed by atoms with Gasteiger partial charge < -0.3 is 20.5 Å². The molecule has 1 aromatic heterocycles. The van der Waals surface area contributed by atoms with Gasteiger partial charge in [-0.2, -0.15) is 5.10 Å². The summed E-state index contributed by atoms with van der Waals surface area (Å²) in [6, 6.07) is 13.3. The molecule has 1 heterocycles. The third-order valence-electron chi connectivity index (χ3n) is 3.70. The Morgan fingerprint density at radius 3 is 2.67 bits per heavy atom. The molecule has 3 rings (SSSR count). The van der Waals surface area contributed by atoms with Crippen LogP contribution in [0.5, 0.6) is 11.5 Å². The van der Waals surface area contributed by atoms with E-state index in [0.29, 0.717) is 29.8 Å². The summed E-state index contributed by atoms with van der Waals surface area (Å²) in [5.74, 6) is 2.29.